The van der Waals surface area contributed by atoms with Crippen LogP contribution in [0.3, 0.4) is 0 Å². The lowest BCUT2D eigenvalue weighted by Gasteiger charge is -2.33. The van der Waals surface area contributed by atoms with E-state index in [0.29, 0.717) is 0 Å². The first-order valence-electron chi connectivity index (χ1n) is 5.51. The third-order valence-corrected chi connectivity index (χ3v) is 3.20. The van der Waals surface area contributed by atoms with E-state index in [0.717, 1.165) is 24.3 Å². The second-order valence-electron chi connectivity index (χ2n) is 4.31. The fraction of sp³-hybridized carbons (Fsp3) is 0.462. The summed E-state index contributed by atoms with van der Waals surface area (Å²) >= 11 is 0. The smallest absolute Gasteiger partial charge is 0.151 e. The van der Waals surface area contributed by atoms with Crippen molar-refractivity contribution in [2.45, 2.75) is 19.4 Å². The Bertz CT molecular complexity index is 414. The summed E-state index contributed by atoms with van der Waals surface area (Å²) in [6, 6.07) is 5.89. The van der Waals surface area contributed by atoms with Crippen LogP contribution in [0.4, 0.5) is 0 Å². The number of methoxy groups -OCH3 is 1. The fourth-order valence-electron chi connectivity index (χ4n) is 2.39. The van der Waals surface area contributed by atoms with Crippen molar-refractivity contribution in [3.63, 3.8) is 0 Å². The summed E-state index contributed by atoms with van der Waals surface area (Å²) in [4.78, 5) is 13.8. The first kappa shape index (κ1) is 11.1. The van der Waals surface area contributed by atoms with E-state index >= 15 is 0 Å². The molecule has 1 unspecified atom stereocenters. The molecule has 3 heteroatoms. The second kappa shape index (κ2) is 4.26. The average Bonchev–Trinajstić information content (AvgIpc) is 2.27. The highest BCUT2D eigenvalue weighted by Gasteiger charge is 2.28. The van der Waals surface area contributed by atoms with Gasteiger partial charge in [0.2, 0.25) is 0 Å². The topological polar surface area (TPSA) is 29.5 Å². The molecule has 0 amide bonds. The van der Waals surface area contributed by atoms with E-state index in [-0.39, 0.29) is 11.8 Å². The standard InChI is InChI=1S/C13H17NO2/c1-9(15)13-12-5-4-11(16-3)8-10(12)6-7-14(13)2/h4-5,8,13H,6-7H2,1-3H3. The molecule has 1 atom stereocenters. The number of fused-ring (bicyclic) bond motifs is 1. The lowest BCUT2D eigenvalue weighted by Crippen LogP contribution is -2.35. The molecule has 3 nitrogen and oxygen atoms in total. The molecule has 1 aromatic carbocycles. The summed E-state index contributed by atoms with van der Waals surface area (Å²) < 4.78 is 5.20. The zero-order valence-electron chi connectivity index (χ0n) is 9.99. The van der Waals surface area contributed by atoms with Crippen LogP contribution in [0.1, 0.15) is 24.1 Å². The van der Waals surface area contributed by atoms with E-state index in [9.17, 15) is 4.79 Å². The van der Waals surface area contributed by atoms with Crippen LogP contribution in [0.5, 0.6) is 5.75 Å². The number of benzene rings is 1. The van der Waals surface area contributed by atoms with Crippen LogP contribution in [-0.4, -0.2) is 31.4 Å². The molecule has 0 fully saturated rings. The molecule has 0 aliphatic carbocycles. The Morgan fingerprint density at radius 2 is 2.25 bits per heavy atom. The van der Waals surface area contributed by atoms with Crippen LogP contribution < -0.4 is 4.74 Å². The highest BCUT2D eigenvalue weighted by Crippen LogP contribution is 2.31. The van der Waals surface area contributed by atoms with Crippen molar-refractivity contribution in [1.29, 1.82) is 0 Å². The molecule has 1 aliphatic rings. The number of ether oxygens (including phenoxy) is 1. The van der Waals surface area contributed by atoms with Crippen molar-refractivity contribution in [3.05, 3.63) is 29.3 Å². The van der Waals surface area contributed by atoms with Crippen molar-refractivity contribution in [1.82, 2.24) is 4.90 Å². The minimum Gasteiger partial charge on any atom is -0.497 e. The van der Waals surface area contributed by atoms with Crippen LogP contribution in [0, 0.1) is 0 Å². The monoisotopic (exact) mass is 219 g/mol. The van der Waals surface area contributed by atoms with Crippen LogP contribution >= 0.6 is 0 Å². The molecule has 0 saturated carbocycles. The first-order chi connectivity index (χ1) is 7.63. The van der Waals surface area contributed by atoms with Gasteiger partial charge in [-0.25, -0.2) is 0 Å². The van der Waals surface area contributed by atoms with Gasteiger partial charge in [0, 0.05) is 6.54 Å². The van der Waals surface area contributed by atoms with E-state index in [4.69, 9.17) is 4.74 Å². The molecule has 1 aromatic rings. The van der Waals surface area contributed by atoms with Gasteiger partial charge in [-0.3, -0.25) is 9.69 Å². The molecule has 16 heavy (non-hydrogen) atoms. The molecule has 0 N–H and O–H groups in total. The van der Waals surface area contributed by atoms with Gasteiger partial charge >= 0.3 is 0 Å². The number of hydrogen-bond acceptors (Lipinski definition) is 3. The third kappa shape index (κ3) is 1.83. The van der Waals surface area contributed by atoms with E-state index in [1.54, 1.807) is 14.0 Å². The molecule has 0 aromatic heterocycles. The van der Waals surface area contributed by atoms with Gasteiger partial charge in [0.1, 0.15) is 5.75 Å². The Labute approximate surface area is 96.0 Å². The number of ketones is 1. The largest absolute Gasteiger partial charge is 0.497 e. The van der Waals surface area contributed by atoms with Gasteiger partial charge < -0.3 is 4.74 Å². The van der Waals surface area contributed by atoms with E-state index in [2.05, 4.69) is 4.90 Å². The van der Waals surface area contributed by atoms with Crippen molar-refractivity contribution < 1.29 is 9.53 Å². The van der Waals surface area contributed by atoms with Crippen molar-refractivity contribution in [2.75, 3.05) is 20.7 Å². The Kier molecular flexibility index (Phi) is 2.97. The maximum Gasteiger partial charge on any atom is 0.151 e. The molecule has 0 spiro atoms. The molecule has 1 heterocycles. The van der Waals surface area contributed by atoms with E-state index in [1.165, 1.54) is 5.56 Å². The van der Waals surface area contributed by atoms with Gasteiger partial charge in [-0.2, -0.15) is 0 Å². The van der Waals surface area contributed by atoms with Crippen LogP contribution in [0.2, 0.25) is 0 Å². The highest BCUT2D eigenvalue weighted by molar-refractivity contribution is 5.83. The zero-order chi connectivity index (χ0) is 11.7. The van der Waals surface area contributed by atoms with E-state index in [1.807, 2.05) is 25.2 Å². The fourth-order valence-corrected chi connectivity index (χ4v) is 2.39. The molecule has 0 bridgehead atoms. The molecule has 1 aliphatic heterocycles. The van der Waals surface area contributed by atoms with Gasteiger partial charge in [0.05, 0.1) is 13.2 Å². The predicted octanol–water partition coefficient (Wildman–Crippen LogP) is 1.81. The van der Waals surface area contributed by atoms with Gasteiger partial charge in [-0.05, 0) is 43.7 Å². The number of hydrogen-bond donors (Lipinski definition) is 0. The summed E-state index contributed by atoms with van der Waals surface area (Å²) in [5.41, 5.74) is 2.36. The summed E-state index contributed by atoms with van der Waals surface area (Å²) in [6.07, 6.45) is 0.979. The van der Waals surface area contributed by atoms with Gasteiger partial charge in [0.25, 0.3) is 0 Å². The molecule has 86 valence electrons. The number of carbonyl (C=O) groups is 1. The minimum absolute atomic E-state index is 0.0883. The lowest BCUT2D eigenvalue weighted by atomic mass is 9.91. The molecule has 2 rings (SSSR count). The van der Waals surface area contributed by atoms with Crippen LogP contribution in [0.25, 0.3) is 0 Å². The number of Topliss-reactive ketones (excluding diaryl/α,β-unsaturated/α-hetero) is 1. The Morgan fingerprint density at radius 3 is 2.88 bits per heavy atom. The van der Waals surface area contributed by atoms with E-state index < -0.39 is 0 Å². The molecular weight excluding hydrogens is 202 g/mol. The maximum atomic E-state index is 11.7. The van der Waals surface area contributed by atoms with Crippen molar-refractivity contribution >= 4 is 5.78 Å². The van der Waals surface area contributed by atoms with Gasteiger partial charge in [-0.1, -0.05) is 6.07 Å². The summed E-state index contributed by atoms with van der Waals surface area (Å²) in [5, 5.41) is 0. The average molecular weight is 219 g/mol. The van der Waals surface area contributed by atoms with Gasteiger partial charge in [-0.15, -0.1) is 0 Å². The third-order valence-electron chi connectivity index (χ3n) is 3.20. The van der Waals surface area contributed by atoms with Gasteiger partial charge in [0.15, 0.2) is 5.78 Å². The number of likely N-dealkylation sites (N-methyl/N-ethyl adjacent to an activating group) is 1. The Hall–Kier alpha value is -1.35. The Balaban J connectivity index is 2.44. The second-order valence-corrected chi connectivity index (χ2v) is 4.31. The maximum absolute atomic E-state index is 11.7. The summed E-state index contributed by atoms with van der Waals surface area (Å²) in [6.45, 7) is 2.57. The summed E-state index contributed by atoms with van der Waals surface area (Å²) in [5.74, 6) is 1.07. The van der Waals surface area contributed by atoms with Crippen molar-refractivity contribution in [2.24, 2.45) is 0 Å². The summed E-state index contributed by atoms with van der Waals surface area (Å²) in [7, 11) is 3.67. The quantitative estimate of drug-likeness (QED) is 0.759. The SMILES string of the molecule is COc1ccc2c(c1)CCN(C)C2C(C)=O. The molecular formula is C13H17NO2. The lowest BCUT2D eigenvalue weighted by molar-refractivity contribution is -0.122. The molecule has 0 radical (unpaired) electrons. The van der Waals surface area contributed by atoms with Crippen LogP contribution in [-0.2, 0) is 11.2 Å². The number of nitrogens with zero attached hydrogens (tertiary/aromatic N) is 1. The predicted molar refractivity (Wildman–Crippen MR) is 62.8 cm³/mol. The zero-order valence-corrected chi connectivity index (χ0v) is 9.99. The minimum atomic E-state index is -0.0883. The normalized spacial score (nSPS) is 20.3. The first-order valence-corrected chi connectivity index (χ1v) is 5.51. The number of rotatable bonds is 2. The van der Waals surface area contributed by atoms with Crippen LogP contribution in [0.15, 0.2) is 18.2 Å². The molecule has 0 saturated heterocycles. The highest BCUT2D eigenvalue weighted by atomic mass is 16.5. The Morgan fingerprint density at radius 1 is 1.50 bits per heavy atom. The van der Waals surface area contributed by atoms with Crippen molar-refractivity contribution in [3.8, 4) is 5.75 Å². The number of carbonyl (C=O) groups excluding carboxylic acids is 1.